The van der Waals surface area contributed by atoms with Gasteiger partial charge in [0.05, 0.1) is 9.73 Å². The van der Waals surface area contributed by atoms with Crippen LogP contribution >= 0.6 is 10.7 Å². The van der Waals surface area contributed by atoms with Gasteiger partial charge in [0, 0.05) is 21.8 Å². The Bertz CT molecular complexity index is 586. The summed E-state index contributed by atoms with van der Waals surface area (Å²) in [6.45, 7) is 1.81. The molecule has 0 radical (unpaired) electrons. The first-order valence-corrected chi connectivity index (χ1v) is 8.14. The zero-order valence-electron chi connectivity index (χ0n) is 8.18. The zero-order chi connectivity index (χ0) is 11.7. The molecule has 1 rings (SSSR count). The van der Waals surface area contributed by atoms with Crippen LogP contribution in [0.1, 0.15) is 5.56 Å². The Morgan fingerprint density at radius 3 is 2.33 bits per heavy atom. The lowest BCUT2D eigenvalue weighted by molar-refractivity contribution is 0.611. The summed E-state index contributed by atoms with van der Waals surface area (Å²) >= 11 is 0. The zero-order valence-corrected chi connectivity index (χ0v) is 10.6. The van der Waals surface area contributed by atoms with Crippen LogP contribution in [0.15, 0.2) is 32.9 Å². The van der Waals surface area contributed by atoms with Crippen molar-refractivity contribution >= 4 is 29.6 Å². The van der Waals surface area contributed by atoms with Gasteiger partial charge in [-0.1, -0.05) is 15.9 Å². The third-order valence-electron chi connectivity index (χ3n) is 1.66. The quantitative estimate of drug-likeness (QED) is 0.769. The Kier molecular flexibility index (Phi) is 3.42. The minimum Gasteiger partial charge on any atom is -0.244 e. The molecular formula is C8H10ClNO3S2. The van der Waals surface area contributed by atoms with Gasteiger partial charge in [-0.2, -0.15) is 8.42 Å². The monoisotopic (exact) mass is 267 g/mol. The minimum absolute atomic E-state index is 0.353. The number of benzene rings is 1. The summed E-state index contributed by atoms with van der Waals surface area (Å²) in [5.74, 6) is 0. The van der Waals surface area contributed by atoms with Crippen LogP contribution in [0.3, 0.4) is 0 Å². The van der Waals surface area contributed by atoms with Gasteiger partial charge in [0.2, 0.25) is 0 Å². The molecule has 0 aliphatic rings. The highest BCUT2D eigenvalue weighted by Crippen LogP contribution is 2.15. The maximum atomic E-state index is 11.9. The molecule has 0 spiro atoms. The largest absolute Gasteiger partial charge is 0.347 e. The first-order valence-electron chi connectivity index (χ1n) is 3.95. The molecular weight excluding hydrogens is 258 g/mol. The number of hydrogen-bond donors (Lipinski definition) is 0. The summed E-state index contributed by atoms with van der Waals surface area (Å²) in [6.07, 6.45) is 1.24. The Hall–Kier alpha value is -0.590. The van der Waals surface area contributed by atoms with Crippen molar-refractivity contribution in [3.05, 3.63) is 29.8 Å². The second-order valence-corrected chi connectivity index (χ2v) is 7.77. The molecule has 0 aromatic heterocycles. The molecule has 0 bridgehead atoms. The summed E-state index contributed by atoms with van der Waals surface area (Å²) in [4.78, 5) is 0.353. The van der Waals surface area contributed by atoms with Gasteiger partial charge in [-0.3, -0.25) is 0 Å². The molecule has 1 unspecified atom stereocenters. The number of aryl methyl sites for hydroxylation is 1. The van der Waals surface area contributed by atoms with Crippen LogP contribution in [0.5, 0.6) is 0 Å². The molecule has 0 saturated carbocycles. The normalized spacial score (nSPS) is 15.7. The van der Waals surface area contributed by atoms with Gasteiger partial charge in [0.1, 0.15) is 0 Å². The highest BCUT2D eigenvalue weighted by molar-refractivity contribution is 8.17. The van der Waals surface area contributed by atoms with Crippen molar-refractivity contribution in [2.75, 3.05) is 6.26 Å². The van der Waals surface area contributed by atoms with Crippen molar-refractivity contribution in [2.24, 2.45) is 3.77 Å². The third kappa shape index (κ3) is 3.81. The second-order valence-electron chi connectivity index (χ2n) is 3.11. The van der Waals surface area contributed by atoms with E-state index in [0.717, 1.165) is 5.56 Å². The molecule has 4 nitrogen and oxygen atoms in total. The van der Waals surface area contributed by atoms with Gasteiger partial charge < -0.3 is 0 Å². The van der Waals surface area contributed by atoms with Crippen molar-refractivity contribution in [1.29, 1.82) is 0 Å². The van der Waals surface area contributed by atoms with E-state index in [1.54, 1.807) is 18.2 Å². The van der Waals surface area contributed by atoms with Gasteiger partial charge >= 0.3 is 9.24 Å². The molecule has 1 aromatic rings. The van der Waals surface area contributed by atoms with Crippen molar-refractivity contribution in [1.82, 2.24) is 0 Å². The standard InChI is InChI=1S/C8H10ClNO3S2/c1-7-4-3-5-8(6-7)14(2,11)10-15(9,12)13/h3-6H,1-2H3. The molecule has 0 amide bonds. The van der Waals surface area contributed by atoms with E-state index in [2.05, 4.69) is 3.77 Å². The summed E-state index contributed by atoms with van der Waals surface area (Å²) in [7, 11) is -2.17. The fourth-order valence-corrected chi connectivity index (χ4v) is 4.47. The predicted molar refractivity (Wildman–Crippen MR) is 60.7 cm³/mol. The van der Waals surface area contributed by atoms with E-state index in [1.165, 1.54) is 6.26 Å². The number of rotatable bonds is 2. The summed E-state index contributed by atoms with van der Waals surface area (Å²) < 4.78 is 36.5. The summed E-state index contributed by atoms with van der Waals surface area (Å²) in [5.41, 5.74) is 0.879. The van der Waals surface area contributed by atoms with Crippen LogP contribution in [0, 0.1) is 6.92 Å². The van der Waals surface area contributed by atoms with E-state index < -0.39 is 19.0 Å². The lowest BCUT2D eigenvalue weighted by Crippen LogP contribution is -2.00. The molecule has 0 fully saturated rings. The van der Waals surface area contributed by atoms with E-state index >= 15 is 0 Å². The predicted octanol–water partition coefficient (Wildman–Crippen LogP) is 1.94. The van der Waals surface area contributed by atoms with Crippen LogP contribution in [0.4, 0.5) is 0 Å². The Balaban J connectivity index is 3.43. The molecule has 15 heavy (non-hydrogen) atoms. The van der Waals surface area contributed by atoms with Crippen molar-refractivity contribution < 1.29 is 12.6 Å². The Morgan fingerprint density at radius 1 is 1.27 bits per heavy atom. The van der Waals surface area contributed by atoms with Crippen LogP contribution < -0.4 is 0 Å². The maximum absolute atomic E-state index is 11.9. The van der Waals surface area contributed by atoms with E-state index in [0.29, 0.717) is 4.90 Å². The van der Waals surface area contributed by atoms with Crippen LogP contribution in [-0.4, -0.2) is 18.9 Å². The summed E-state index contributed by atoms with van der Waals surface area (Å²) in [5, 5.41) is 0. The molecule has 0 saturated heterocycles. The molecule has 84 valence electrons. The van der Waals surface area contributed by atoms with Gasteiger partial charge in [-0.15, -0.1) is 0 Å². The second kappa shape index (κ2) is 4.11. The third-order valence-corrected chi connectivity index (χ3v) is 5.14. The lowest BCUT2D eigenvalue weighted by Gasteiger charge is -2.03. The molecule has 1 atom stereocenters. The molecule has 0 heterocycles. The van der Waals surface area contributed by atoms with E-state index in [-0.39, 0.29) is 0 Å². The maximum Gasteiger partial charge on any atom is 0.347 e. The van der Waals surface area contributed by atoms with Crippen LogP contribution in [-0.2, 0) is 19.0 Å². The SMILES string of the molecule is Cc1cccc(S(C)(=O)=NS(=O)(=O)Cl)c1. The fraction of sp³-hybridized carbons (Fsp3) is 0.250. The molecule has 0 aliphatic carbocycles. The topological polar surface area (TPSA) is 63.6 Å². The Morgan fingerprint density at radius 2 is 1.87 bits per heavy atom. The average Bonchev–Trinajstić information content (AvgIpc) is 1.99. The first-order chi connectivity index (χ1) is 6.71. The minimum atomic E-state index is -4.12. The number of hydrogen-bond acceptors (Lipinski definition) is 3. The highest BCUT2D eigenvalue weighted by atomic mass is 35.7. The average molecular weight is 268 g/mol. The molecule has 1 aromatic carbocycles. The Labute approximate surface area is 94.0 Å². The van der Waals surface area contributed by atoms with Crippen molar-refractivity contribution in [3.8, 4) is 0 Å². The fourth-order valence-electron chi connectivity index (χ4n) is 1.06. The van der Waals surface area contributed by atoms with E-state index in [4.69, 9.17) is 10.7 Å². The highest BCUT2D eigenvalue weighted by Gasteiger charge is 2.11. The van der Waals surface area contributed by atoms with Gasteiger partial charge in [-0.05, 0) is 24.6 Å². The smallest absolute Gasteiger partial charge is 0.244 e. The van der Waals surface area contributed by atoms with Crippen LogP contribution in [0.25, 0.3) is 0 Å². The van der Waals surface area contributed by atoms with Gasteiger partial charge in [0.25, 0.3) is 0 Å². The van der Waals surface area contributed by atoms with Gasteiger partial charge in [-0.25, -0.2) is 4.21 Å². The van der Waals surface area contributed by atoms with E-state index in [9.17, 15) is 12.6 Å². The first kappa shape index (κ1) is 12.5. The lowest BCUT2D eigenvalue weighted by atomic mass is 10.2. The number of halogens is 1. The number of nitrogens with zero attached hydrogens (tertiary/aromatic N) is 1. The molecule has 0 aliphatic heterocycles. The molecule has 0 N–H and O–H groups in total. The molecule has 7 heteroatoms. The van der Waals surface area contributed by atoms with Crippen molar-refractivity contribution in [2.45, 2.75) is 11.8 Å². The summed E-state index contributed by atoms with van der Waals surface area (Å²) in [6, 6.07) is 6.67. The van der Waals surface area contributed by atoms with Crippen LogP contribution in [0.2, 0.25) is 0 Å². The van der Waals surface area contributed by atoms with Gasteiger partial charge in [0.15, 0.2) is 0 Å². The van der Waals surface area contributed by atoms with Crippen molar-refractivity contribution in [3.63, 3.8) is 0 Å². The van der Waals surface area contributed by atoms with E-state index in [1.807, 2.05) is 13.0 Å².